The van der Waals surface area contributed by atoms with Crippen LogP contribution in [0.2, 0.25) is 0 Å². The maximum Gasteiger partial charge on any atom is 0.331 e. The Morgan fingerprint density at radius 2 is 2.00 bits per heavy atom. The molecular weight excluding hydrogens is 449 g/mol. The van der Waals surface area contributed by atoms with Crippen LogP contribution in [0.3, 0.4) is 0 Å². The minimum Gasteiger partial charge on any atom is -0.376 e. The number of aromatic nitrogens is 2. The summed E-state index contributed by atoms with van der Waals surface area (Å²) in [6.07, 6.45) is 0.390. The van der Waals surface area contributed by atoms with E-state index in [-0.39, 0.29) is 55.0 Å². The van der Waals surface area contributed by atoms with Crippen LogP contribution in [0.4, 0.5) is 14.9 Å². The van der Waals surface area contributed by atoms with Crippen LogP contribution in [-0.4, -0.2) is 64.5 Å². The number of primary amides is 1. The van der Waals surface area contributed by atoms with Crippen LogP contribution in [0.5, 0.6) is 0 Å². The number of hydrogen-bond donors (Lipinski definition) is 2. The summed E-state index contributed by atoms with van der Waals surface area (Å²) in [5.41, 5.74) is 4.06. The number of carbonyl (C=O) groups is 2. The largest absolute Gasteiger partial charge is 0.376 e. The van der Waals surface area contributed by atoms with E-state index in [0.29, 0.717) is 6.61 Å². The lowest BCUT2D eigenvalue weighted by Gasteiger charge is -2.31. The Bertz CT molecular complexity index is 1230. The lowest BCUT2D eigenvalue weighted by atomic mass is 10.1. The van der Waals surface area contributed by atoms with Crippen molar-refractivity contribution in [3.05, 3.63) is 38.8 Å². The first-order valence-electron chi connectivity index (χ1n) is 11.2. The van der Waals surface area contributed by atoms with Crippen molar-refractivity contribution >= 4 is 28.5 Å². The summed E-state index contributed by atoms with van der Waals surface area (Å²) in [6.45, 7) is 4.43. The summed E-state index contributed by atoms with van der Waals surface area (Å²) < 4.78 is 28.3. The van der Waals surface area contributed by atoms with Crippen molar-refractivity contribution in [1.29, 1.82) is 0 Å². The lowest BCUT2D eigenvalue weighted by Crippen LogP contribution is -2.51. The quantitative estimate of drug-likeness (QED) is 0.653. The van der Waals surface area contributed by atoms with Crippen molar-refractivity contribution in [2.45, 2.75) is 51.5 Å². The van der Waals surface area contributed by atoms with E-state index in [1.54, 1.807) is 13.8 Å². The molecule has 2 aromatic rings. The van der Waals surface area contributed by atoms with Gasteiger partial charge in [0.05, 0.1) is 42.4 Å². The highest BCUT2D eigenvalue weighted by Gasteiger charge is 2.29. The van der Waals surface area contributed by atoms with E-state index in [1.165, 1.54) is 15.5 Å². The minimum absolute atomic E-state index is 0.0720. The summed E-state index contributed by atoms with van der Waals surface area (Å²) >= 11 is 0. The number of nitrogens with zero attached hydrogens (tertiary/aromatic N) is 3. The van der Waals surface area contributed by atoms with Gasteiger partial charge in [-0.25, -0.2) is 14.0 Å². The predicted molar refractivity (Wildman–Crippen MR) is 121 cm³/mol. The number of fused-ring (bicyclic) bond motifs is 1. The summed E-state index contributed by atoms with van der Waals surface area (Å²) in [4.78, 5) is 51.8. The molecule has 184 valence electrons. The van der Waals surface area contributed by atoms with E-state index in [0.717, 1.165) is 23.5 Å². The summed E-state index contributed by atoms with van der Waals surface area (Å²) in [6, 6.07) is 1.31. The Hall–Kier alpha value is -3.25. The Kier molecular flexibility index (Phi) is 6.71. The smallest absolute Gasteiger partial charge is 0.331 e. The van der Waals surface area contributed by atoms with E-state index in [9.17, 15) is 19.2 Å². The molecule has 2 aliphatic heterocycles. The van der Waals surface area contributed by atoms with E-state index in [4.69, 9.17) is 15.2 Å². The molecule has 34 heavy (non-hydrogen) atoms. The van der Waals surface area contributed by atoms with Gasteiger partial charge in [0.15, 0.2) is 6.10 Å². The summed E-state index contributed by atoms with van der Waals surface area (Å²) in [5, 5.41) is 2.56. The van der Waals surface area contributed by atoms with Gasteiger partial charge >= 0.3 is 11.7 Å². The first-order chi connectivity index (χ1) is 16.2. The molecule has 2 atom stereocenters. The number of ether oxygens (including phenoxy) is 2. The first-order valence-corrected chi connectivity index (χ1v) is 11.2. The SMILES string of the molecule is CC(C)n1c(=O)n(CC2CCCO2)c(=O)c2cc(NC(=O)N3CCOC(C(N)=O)C3)c(F)cc21. The molecule has 2 saturated heterocycles. The number of halogens is 1. The fourth-order valence-electron chi connectivity index (χ4n) is 4.35. The molecule has 3 heterocycles. The highest BCUT2D eigenvalue weighted by molar-refractivity contribution is 5.93. The van der Waals surface area contributed by atoms with Crippen molar-refractivity contribution in [3.8, 4) is 0 Å². The number of rotatable bonds is 5. The number of nitrogens with two attached hydrogens (primary N) is 1. The van der Waals surface area contributed by atoms with Gasteiger partial charge < -0.3 is 25.4 Å². The Balaban J connectivity index is 1.72. The number of anilines is 1. The Labute approximate surface area is 194 Å². The van der Waals surface area contributed by atoms with Crippen LogP contribution in [-0.2, 0) is 20.8 Å². The zero-order chi connectivity index (χ0) is 24.6. The molecule has 12 heteroatoms. The molecule has 3 amide bonds. The molecular formula is C22H28FN5O6. The molecule has 1 aromatic carbocycles. The topological polar surface area (TPSA) is 138 Å². The third-order valence-corrected chi connectivity index (χ3v) is 6.10. The molecule has 0 saturated carbocycles. The molecule has 1 aromatic heterocycles. The third-order valence-electron chi connectivity index (χ3n) is 6.10. The van der Waals surface area contributed by atoms with Crippen LogP contribution >= 0.6 is 0 Å². The maximum atomic E-state index is 15.0. The fourth-order valence-corrected chi connectivity index (χ4v) is 4.35. The molecule has 2 aliphatic rings. The number of amides is 3. The molecule has 0 bridgehead atoms. The molecule has 0 radical (unpaired) electrons. The predicted octanol–water partition coefficient (Wildman–Crippen LogP) is 0.780. The van der Waals surface area contributed by atoms with Gasteiger partial charge in [-0.3, -0.25) is 18.7 Å². The second-order valence-electron chi connectivity index (χ2n) is 8.78. The zero-order valence-corrected chi connectivity index (χ0v) is 19.1. The second kappa shape index (κ2) is 9.55. The van der Waals surface area contributed by atoms with Crippen molar-refractivity contribution in [2.75, 3.05) is 31.6 Å². The fraction of sp³-hybridized carbons (Fsp3) is 0.545. The average Bonchev–Trinajstić information content (AvgIpc) is 3.31. The van der Waals surface area contributed by atoms with Gasteiger partial charge in [-0.2, -0.15) is 0 Å². The minimum atomic E-state index is -0.952. The van der Waals surface area contributed by atoms with E-state index in [1.807, 2.05) is 0 Å². The average molecular weight is 477 g/mol. The number of urea groups is 1. The Morgan fingerprint density at radius 3 is 2.65 bits per heavy atom. The maximum absolute atomic E-state index is 15.0. The van der Waals surface area contributed by atoms with Crippen LogP contribution in [0.25, 0.3) is 10.9 Å². The highest BCUT2D eigenvalue weighted by Crippen LogP contribution is 2.23. The van der Waals surface area contributed by atoms with Crippen molar-refractivity contribution in [3.63, 3.8) is 0 Å². The van der Waals surface area contributed by atoms with Crippen LogP contribution in [0.15, 0.2) is 21.7 Å². The van der Waals surface area contributed by atoms with Gasteiger partial charge in [0.2, 0.25) is 5.91 Å². The number of carbonyl (C=O) groups excluding carboxylic acids is 2. The lowest BCUT2D eigenvalue weighted by molar-refractivity contribution is -0.133. The number of benzene rings is 1. The first kappa shape index (κ1) is 23.9. The highest BCUT2D eigenvalue weighted by atomic mass is 19.1. The van der Waals surface area contributed by atoms with Crippen molar-refractivity contribution in [1.82, 2.24) is 14.0 Å². The number of nitrogens with one attached hydrogen (secondary N) is 1. The summed E-state index contributed by atoms with van der Waals surface area (Å²) in [5.74, 6) is -1.50. The molecule has 0 aliphatic carbocycles. The molecule has 4 rings (SSSR count). The molecule has 0 spiro atoms. The molecule has 3 N–H and O–H groups in total. The second-order valence-corrected chi connectivity index (χ2v) is 8.78. The molecule has 2 fully saturated rings. The van der Waals surface area contributed by atoms with Gasteiger partial charge in [-0.15, -0.1) is 0 Å². The number of hydrogen-bond acceptors (Lipinski definition) is 6. The van der Waals surface area contributed by atoms with E-state index in [2.05, 4.69) is 5.32 Å². The van der Waals surface area contributed by atoms with Gasteiger partial charge in [-0.1, -0.05) is 0 Å². The van der Waals surface area contributed by atoms with Crippen molar-refractivity contribution < 1.29 is 23.5 Å². The van der Waals surface area contributed by atoms with Gasteiger partial charge in [0.25, 0.3) is 5.56 Å². The van der Waals surface area contributed by atoms with E-state index < -0.39 is 35.1 Å². The third kappa shape index (κ3) is 4.55. The summed E-state index contributed by atoms with van der Waals surface area (Å²) in [7, 11) is 0. The van der Waals surface area contributed by atoms with Crippen LogP contribution < -0.4 is 22.3 Å². The molecule has 2 unspecified atom stereocenters. The number of morpholine rings is 1. The standard InChI is InChI=1S/C22H28FN5O6/c1-12(2)28-17-9-15(23)16(25-21(31)26-5-7-34-18(11-26)19(24)29)8-14(17)20(30)27(22(28)32)10-13-4-3-6-33-13/h8-9,12-13,18H,3-7,10-11H2,1-2H3,(H2,24,29)(H,25,31). The van der Waals surface area contributed by atoms with Crippen LogP contribution in [0, 0.1) is 5.82 Å². The zero-order valence-electron chi connectivity index (χ0n) is 19.1. The van der Waals surface area contributed by atoms with Gasteiger partial charge in [0, 0.05) is 25.3 Å². The van der Waals surface area contributed by atoms with Gasteiger partial charge in [-0.05, 0) is 32.8 Å². The van der Waals surface area contributed by atoms with E-state index >= 15 is 4.39 Å². The monoisotopic (exact) mass is 477 g/mol. The molecule has 11 nitrogen and oxygen atoms in total. The van der Waals surface area contributed by atoms with Crippen LogP contribution in [0.1, 0.15) is 32.7 Å². The van der Waals surface area contributed by atoms with Crippen molar-refractivity contribution in [2.24, 2.45) is 5.73 Å². The Morgan fingerprint density at radius 1 is 1.24 bits per heavy atom. The van der Waals surface area contributed by atoms with Gasteiger partial charge in [0.1, 0.15) is 5.82 Å². The normalized spacial score (nSPS) is 20.8.